The van der Waals surface area contributed by atoms with Crippen LogP contribution in [0.5, 0.6) is 5.75 Å². The van der Waals surface area contributed by atoms with Crippen molar-refractivity contribution in [1.82, 2.24) is 10.1 Å². The summed E-state index contributed by atoms with van der Waals surface area (Å²) in [4.78, 5) is 27.2. The van der Waals surface area contributed by atoms with Gasteiger partial charge in [0.2, 0.25) is 11.8 Å². The van der Waals surface area contributed by atoms with Crippen LogP contribution in [0.2, 0.25) is 0 Å². The van der Waals surface area contributed by atoms with Gasteiger partial charge in [0.05, 0.1) is 32.0 Å². The zero-order valence-corrected chi connectivity index (χ0v) is 16.9. The van der Waals surface area contributed by atoms with Crippen LogP contribution >= 0.6 is 0 Å². The van der Waals surface area contributed by atoms with Crippen molar-refractivity contribution in [1.29, 1.82) is 0 Å². The molecule has 158 valence electrons. The number of hydrogen-bond donors (Lipinski definition) is 1. The van der Waals surface area contributed by atoms with Gasteiger partial charge in [-0.15, -0.1) is 0 Å². The van der Waals surface area contributed by atoms with E-state index < -0.39 is 0 Å². The summed E-state index contributed by atoms with van der Waals surface area (Å²) in [5.41, 5.74) is 1.66. The number of carbonyl (C=O) groups is 2. The second-order valence-corrected chi connectivity index (χ2v) is 6.88. The summed E-state index contributed by atoms with van der Waals surface area (Å²) in [7, 11) is 1.53. The van der Waals surface area contributed by atoms with E-state index in [0.29, 0.717) is 28.5 Å². The quantitative estimate of drug-likeness (QED) is 0.468. The summed E-state index contributed by atoms with van der Waals surface area (Å²) in [5, 5.41) is 7.58. The number of aromatic nitrogens is 1. The van der Waals surface area contributed by atoms with Crippen molar-refractivity contribution in [2.45, 2.75) is 13.0 Å². The summed E-state index contributed by atoms with van der Waals surface area (Å²) in [5.74, 6) is 0.484. The SMILES string of the molecule is COc1ccccc1NC(=O)CN(Cc1ccco1)C(=O)Cc1noc2ccccc12. The predicted molar refractivity (Wildman–Crippen MR) is 113 cm³/mol. The Hall–Kier alpha value is -4.07. The number of hydrogen-bond acceptors (Lipinski definition) is 6. The topological polar surface area (TPSA) is 97.8 Å². The maximum absolute atomic E-state index is 13.1. The lowest BCUT2D eigenvalue weighted by Gasteiger charge is -2.21. The van der Waals surface area contributed by atoms with Crippen LogP contribution < -0.4 is 10.1 Å². The molecule has 1 N–H and O–H groups in total. The fraction of sp³-hybridized carbons (Fsp3) is 0.174. The third-order valence-electron chi connectivity index (χ3n) is 4.77. The monoisotopic (exact) mass is 419 g/mol. The molecule has 0 aliphatic heterocycles. The summed E-state index contributed by atoms with van der Waals surface area (Å²) >= 11 is 0. The van der Waals surface area contributed by atoms with E-state index in [2.05, 4.69) is 10.5 Å². The highest BCUT2D eigenvalue weighted by Crippen LogP contribution is 2.23. The number of nitrogens with zero attached hydrogens (tertiary/aromatic N) is 2. The van der Waals surface area contributed by atoms with E-state index in [1.807, 2.05) is 24.3 Å². The number of methoxy groups -OCH3 is 1. The number of nitrogens with one attached hydrogen (secondary N) is 1. The lowest BCUT2D eigenvalue weighted by Crippen LogP contribution is -2.38. The van der Waals surface area contributed by atoms with Crippen LogP contribution in [0.25, 0.3) is 11.0 Å². The normalized spacial score (nSPS) is 10.7. The first-order valence-corrected chi connectivity index (χ1v) is 9.70. The maximum Gasteiger partial charge on any atom is 0.244 e. The first kappa shape index (κ1) is 20.2. The van der Waals surface area contributed by atoms with Crippen LogP contribution in [0, 0.1) is 0 Å². The van der Waals surface area contributed by atoms with Crippen LogP contribution in [0.15, 0.2) is 75.9 Å². The zero-order chi connectivity index (χ0) is 21.6. The molecule has 4 aromatic rings. The van der Waals surface area contributed by atoms with Gasteiger partial charge in [-0.3, -0.25) is 9.59 Å². The van der Waals surface area contributed by atoms with Gasteiger partial charge in [-0.2, -0.15) is 0 Å². The van der Waals surface area contributed by atoms with E-state index in [1.54, 1.807) is 36.4 Å². The Bertz CT molecular complexity index is 1180. The molecule has 8 nitrogen and oxygen atoms in total. The lowest BCUT2D eigenvalue weighted by atomic mass is 10.1. The number of ether oxygens (including phenoxy) is 1. The average Bonchev–Trinajstić information content (AvgIpc) is 3.44. The summed E-state index contributed by atoms with van der Waals surface area (Å²) in [6.45, 7) is -0.00563. The van der Waals surface area contributed by atoms with Crippen molar-refractivity contribution in [2.75, 3.05) is 19.0 Å². The van der Waals surface area contributed by atoms with Gasteiger partial charge >= 0.3 is 0 Å². The first-order valence-electron chi connectivity index (χ1n) is 9.70. The smallest absolute Gasteiger partial charge is 0.244 e. The van der Waals surface area contributed by atoms with Crippen molar-refractivity contribution in [3.63, 3.8) is 0 Å². The molecule has 0 saturated heterocycles. The van der Waals surface area contributed by atoms with E-state index in [9.17, 15) is 9.59 Å². The van der Waals surface area contributed by atoms with Crippen LogP contribution in [-0.2, 0) is 22.6 Å². The molecule has 0 fully saturated rings. The molecule has 4 rings (SSSR count). The second-order valence-electron chi connectivity index (χ2n) is 6.88. The summed E-state index contributed by atoms with van der Waals surface area (Å²) < 4.78 is 15.9. The minimum atomic E-state index is -0.352. The second kappa shape index (κ2) is 9.17. The van der Waals surface area contributed by atoms with Crippen molar-refractivity contribution in [3.8, 4) is 5.75 Å². The standard InChI is InChI=1S/C23H21N3O5/c1-29-21-11-5-3-9-18(21)24-22(27)15-26(14-16-7-6-12-30-16)23(28)13-19-17-8-2-4-10-20(17)31-25-19/h2-12H,13-15H2,1H3,(H,24,27). The molecule has 0 atom stereocenters. The van der Waals surface area contributed by atoms with E-state index >= 15 is 0 Å². The number of furan rings is 1. The zero-order valence-electron chi connectivity index (χ0n) is 16.9. The number of amides is 2. The van der Waals surface area contributed by atoms with E-state index in [1.165, 1.54) is 18.3 Å². The molecule has 31 heavy (non-hydrogen) atoms. The van der Waals surface area contributed by atoms with Crippen LogP contribution in [0.3, 0.4) is 0 Å². The van der Waals surface area contributed by atoms with Crippen LogP contribution in [0.1, 0.15) is 11.5 Å². The van der Waals surface area contributed by atoms with E-state index in [4.69, 9.17) is 13.7 Å². The molecule has 2 aromatic carbocycles. The Morgan fingerprint density at radius 1 is 1.06 bits per heavy atom. The fourth-order valence-corrected chi connectivity index (χ4v) is 3.25. The molecule has 0 radical (unpaired) electrons. The van der Waals surface area contributed by atoms with Gasteiger partial charge in [0.1, 0.15) is 23.7 Å². The Morgan fingerprint density at radius 3 is 2.68 bits per heavy atom. The molecule has 0 spiro atoms. The number of para-hydroxylation sites is 3. The van der Waals surface area contributed by atoms with Crippen LogP contribution in [0.4, 0.5) is 5.69 Å². The maximum atomic E-state index is 13.1. The number of anilines is 1. The van der Waals surface area contributed by atoms with E-state index in [-0.39, 0.29) is 31.3 Å². The third-order valence-corrected chi connectivity index (χ3v) is 4.77. The molecule has 2 heterocycles. The minimum Gasteiger partial charge on any atom is -0.495 e. The highest BCUT2D eigenvalue weighted by atomic mass is 16.5. The minimum absolute atomic E-state index is 0.000337. The summed E-state index contributed by atoms with van der Waals surface area (Å²) in [6, 6.07) is 17.9. The third kappa shape index (κ3) is 4.75. The highest BCUT2D eigenvalue weighted by Gasteiger charge is 2.22. The molecule has 2 amide bonds. The number of fused-ring (bicyclic) bond motifs is 1. The molecule has 8 heteroatoms. The van der Waals surface area contributed by atoms with Gasteiger partial charge in [0, 0.05) is 5.39 Å². The number of carbonyl (C=O) groups excluding carboxylic acids is 2. The molecule has 0 bridgehead atoms. The largest absolute Gasteiger partial charge is 0.495 e. The van der Waals surface area contributed by atoms with Gasteiger partial charge in [0.25, 0.3) is 0 Å². The number of rotatable bonds is 8. The molecular weight excluding hydrogens is 398 g/mol. The van der Waals surface area contributed by atoms with Crippen molar-refractivity contribution in [2.24, 2.45) is 0 Å². The van der Waals surface area contributed by atoms with Crippen molar-refractivity contribution >= 4 is 28.5 Å². The van der Waals surface area contributed by atoms with Crippen molar-refractivity contribution in [3.05, 3.63) is 78.4 Å². The van der Waals surface area contributed by atoms with Gasteiger partial charge in [0.15, 0.2) is 5.58 Å². The molecule has 2 aromatic heterocycles. The Labute approximate surface area is 178 Å². The van der Waals surface area contributed by atoms with Gasteiger partial charge < -0.3 is 23.9 Å². The Kier molecular flexibility index (Phi) is 5.98. The average molecular weight is 419 g/mol. The fourth-order valence-electron chi connectivity index (χ4n) is 3.25. The molecule has 0 saturated carbocycles. The number of benzene rings is 2. The Balaban J connectivity index is 1.51. The van der Waals surface area contributed by atoms with Gasteiger partial charge in [-0.1, -0.05) is 29.4 Å². The molecule has 0 unspecified atom stereocenters. The van der Waals surface area contributed by atoms with Crippen molar-refractivity contribution < 1.29 is 23.3 Å². The first-order chi connectivity index (χ1) is 15.1. The molecular formula is C23H21N3O5. The van der Waals surface area contributed by atoms with Gasteiger partial charge in [-0.25, -0.2) is 0 Å². The molecule has 0 aliphatic rings. The highest BCUT2D eigenvalue weighted by molar-refractivity contribution is 5.96. The molecule has 0 aliphatic carbocycles. The van der Waals surface area contributed by atoms with Gasteiger partial charge in [-0.05, 0) is 36.4 Å². The summed E-state index contributed by atoms with van der Waals surface area (Å²) in [6.07, 6.45) is 1.53. The lowest BCUT2D eigenvalue weighted by molar-refractivity contribution is -0.135. The predicted octanol–water partition coefficient (Wildman–Crippen LogP) is 3.64. The Morgan fingerprint density at radius 2 is 1.87 bits per heavy atom. The van der Waals surface area contributed by atoms with Crippen LogP contribution in [-0.4, -0.2) is 35.5 Å². The van der Waals surface area contributed by atoms with E-state index in [0.717, 1.165) is 5.39 Å².